The van der Waals surface area contributed by atoms with Crippen molar-refractivity contribution in [2.24, 2.45) is 5.92 Å². The van der Waals surface area contributed by atoms with Crippen LogP contribution in [0.2, 0.25) is 5.02 Å². The van der Waals surface area contributed by atoms with Gasteiger partial charge >= 0.3 is 0 Å². The zero-order valence-electron chi connectivity index (χ0n) is 14.8. The quantitative estimate of drug-likeness (QED) is 0.765. The normalized spacial score (nSPS) is 13.3. The number of carbonyl (C=O) groups is 2. The Labute approximate surface area is 158 Å². The van der Waals surface area contributed by atoms with Crippen LogP contribution in [-0.2, 0) is 22.6 Å². The lowest BCUT2D eigenvalue weighted by molar-refractivity contribution is -0.121. The monoisotopic (exact) mass is 370 g/mol. The van der Waals surface area contributed by atoms with Crippen molar-refractivity contribution < 1.29 is 9.59 Å². The van der Waals surface area contributed by atoms with Crippen molar-refractivity contribution in [1.29, 1.82) is 0 Å². The van der Waals surface area contributed by atoms with Gasteiger partial charge in [-0.25, -0.2) is 0 Å². The molecule has 2 aromatic carbocycles. The average molecular weight is 371 g/mol. The Hall–Kier alpha value is -2.33. The molecule has 1 saturated carbocycles. The molecule has 0 spiro atoms. The predicted octanol–water partition coefficient (Wildman–Crippen LogP) is 4.25. The number of hydrogen-bond acceptors (Lipinski definition) is 2. The van der Waals surface area contributed by atoms with Crippen LogP contribution < -0.4 is 10.6 Å². The smallest absolute Gasteiger partial charge is 0.227 e. The van der Waals surface area contributed by atoms with Gasteiger partial charge in [-0.05, 0) is 61.1 Å². The van der Waals surface area contributed by atoms with Gasteiger partial charge in [-0.2, -0.15) is 0 Å². The van der Waals surface area contributed by atoms with E-state index in [0.717, 1.165) is 40.2 Å². The van der Waals surface area contributed by atoms with Crippen LogP contribution in [0.3, 0.4) is 0 Å². The van der Waals surface area contributed by atoms with Crippen molar-refractivity contribution in [3.8, 4) is 0 Å². The number of amides is 2. The second kappa shape index (κ2) is 8.37. The largest absolute Gasteiger partial charge is 0.352 e. The van der Waals surface area contributed by atoms with Crippen LogP contribution in [0.15, 0.2) is 42.5 Å². The Morgan fingerprint density at radius 3 is 2.42 bits per heavy atom. The molecule has 0 atom stereocenters. The molecule has 26 heavy (non-hydrogen) atoms. The van der Waals surface area contributed by atoms with E-state index >= 15 is 0 Å². The number of nitrogens with one attached hydrogen (secondary N) is 2. The number of halogens is 1. The first kappa shape index (κ1) is 18.5. The Morgan fingerprint density at radius 1 is 1.08 bits per heavy atom. The molecule has 5 heteroatoms. The van der Waals surface area contributed by atoms with Crippen LogP contribution in [0, 0.1) is 12.8 Å². The van der Waals surface area contributed by atoms with Crippen LogP contribution in [-0.4, -0.2) is 11.8 Å². The summed E-state index contributed by atoms with van der Waals surface area (Å²) in [6.07, 6.45) is 3.07. The lowest BCUT2D eigenvalue weighted by atomic mass is 10.1. The summed E-state index contributed by atoms with van der Waals surface area (Å²) in [4.78, 5) is 23.8. The maximum atomic E-state index is 12.0. The average Bonchev–Trinajstić information content (AvgIpc) is 3.47. The van der Waals surface area contributed by atoms with E-state index in [4.69, 9.17) is 11.6 Å². The molecule has 1 aliphatic carbocycles. The first-order chi connectivity index (χ1) is 12.5. The summed E-state index contributed by atoms with van der Waals surface area (Å²) >= 11 is 6.11. The minimum absolute atomic E-state index is 0.00723. The molecule has 0 aromatic heterocycles. The van der Waals surface area contributed by atoms with Gasteiger partial charge in [0.05, 0.1) is 0 Å². The molecular weight excluding hydrogens is 348 g/mol. The minimum Gasteiger partial charge on any atom is -0.352 e. The summed E-state index contributed by atoms with van der Waals surface area (Å²) in [5.41, 5.74) is 3.90. The number of hydrogen-bond donors (Lipinski definition) is 2. The first-order valence-electron chi connectivity index (χ1n) is 8.93. The molecule has 2 N–H and O–H groups in total. The van der Waals surface area contributed by atoms with Crippen LogP contribution in [0.4, 0.5) is 5.69 Å². The highest BCUT2D eigenvalue weighted by Crippen LogP contribution is 2.30. The van der Waals surface area contributed by atoms with E-state index in [0.29, 0.717) is 19.4 Å². The van der Waals surface area contributed by atoms with E-state index < -0.39 is 0 Å². The molecule has 4 nitrogen and oxygen atoms in total. The van der Waals surface area contributed by atoms with E-state index in [9.17, 15) is 9.59 Å². The van der Waals surface area contributed by atoms with Gasteiger partial charge in [0.2, 0.25) is 11.8 Å². The molecule has 0 unspecified atom stereocenters. The van der Waals surface area contributed by atoms with E-state index in [1.165, 1.54) is 0 Å². The molecule has 3 rings (SSSR count). The summed E-state index contributed by atoms with van der Waals surface area (Å²) in [6.45, 7) is 2.44. The highest BCUT2D eigenvalue weighted by atomic mass is 35.5. The Balaban J connectivity index is 1.42. The van der Waals surface area contributed by atoms with Crippen molar-refractivity contribution in [3.05, 3.63) is 64.2 Å². The van der Waals surface area contributed by atoms with Gasteiger partial charge in [0, 0.05) is 29.6 Å². The van der Waals surface area contributed by atoms with Crippen molar-refractivity contribution in [1.82, 2.24) is 5.32 Å². The molecule has 1 aliphatic rings. The molecule has 0 aliphatic heterocycles. The van der Waals surface area contributed by atoms with Crippen LogP contribution in [0.1, 0.15) is 36.0 Å². The zero-order valence-corrected chi connectivity index (χ0v) is 15.6. The number of anilines is 1. The lowest BCUT2D eigenvalue weighted by Crippen LogP contribution is -2.23. The Morgan fingerprint density at radius 2 is 1.77 bits per heavy atom. The van der Waals surface area contributed by atoms with Gasteiger partial charge in [-0.3, -0.25) is 9.59 Å². The Kier molecular flexibility index (Phi) is 5.94. The van der Waals surface area contributed by atoms with E-state index in [1.54, 1.807) is 0 Å². The van der Waals surface area contributed by atoms with E-state index in [-0.39, 0.29) is 17.7 Å². The third kappa shape index (κ3) is 5.33. The lowest BCUT2D eigenvalue weighted by Gasteiger charge is -2.08. The standard InChI is InChI=1S/C21H23ClN2O2/c1-14-2-3-15(12-19(14)22)6-11-20(25)23-13-16-4-9-18(10-5-16)24-21(26)17-7-8-17/h2-5,9-10,12,17H,6-8,11,13H2,1H3,(H,23,25)(H,24,26). The molecule has 0 heterocycles. The zero-order chi connectivity index (χ0) is 18.5. The highest BCUT2D eigenvalue weighted by molar-refractivity contribution is 6.31. The van der Waals surface area contributed by atoms with Crippen LogP contribution >= 0.6 is 11.6 Å². The topological polar surface area (TPSA) is 58.2 Å². The third-order valence-electron chi connectivity index (χ3n) is 4.54. The molecule has 0 bridgehead atoms. The number of aryl methyl sites for hydroxylation is 2. The summed E-state index contributed by atoms with van der Waals surface area (Å²) in [5.74, 6) is 0.299. The fourth-order valence-corrected chi connectivity index (χ4v) is 2.84. The van der Waals surface area contributed by atoms with Gasteiger partial charge in [0.25, 0.3) is 0 Å². The van der Waals surface area contributed by atoms with Crippen LogP contribution in [0.25, 0.3) is 0 Å². The van der Waals surface area contributed by atoms with Crippen molar-refractivity contribution in [3.63, 3.8) is 0 Å². The SMILES string of the molecule is Cc1ccc(CCC(=O)NCc2ccc(NC(=O)C3CC3)cc2)cc1Cl. The van der Waals surface area contributed by atoms with Gasteiger partial charge < -0.3 is 10.6 Å². The fraction of sp³-hybridized carbons (Fsp3) is 0.333. The van der Waals surface area contributed by atoms with Crippen LogP contribution in [0.5, 0.6) is 0 Å². The van der Waals surface area contributed by atoms with Crippen molar-refractivity contribution in [2.45, 2.75) is 39.2 Å². The van der Waals surface area contributed by atoms with E-state index in [2.05, 4.69) is 10.6 Å². The number of benzene rings is 2. The van der Waals surface area contributed by atoms with Gasteiger partial charge in [-0.1, -0.05) is 35.9 Å². The van der Waals surface area contributed by atoms with Crippen molar-refractivity contribution >= 4 is 29.1 Å². The summed E-state index contributed by atoms with van der Waals surface area (Å²) in [7, 11) is 0. The van der Waals surface area contributed by atoms with E-state index in [1.807, 2.05) is 49.4 Å². The molecule has 2 amide bonds. The molecule has 0 radical (unpaired) electrons. The van der Waals surface area contributed by atoms with Gasteiger partial charge in [0.15, 0.2) is 0 Å². The first-order valence-corrected chi connectivity index (χ1v) is 9.30. The second-order valence-electron chi connectivity index (χ2n) is 6.82. The summed E-state index contributed by atoms with van der Waals surface area (Å²) < 4.78 is 0. The predicted molar refractivity (Wildman–Crippen MR) is 104 cm³/mol. The number of rotatable bonds is 7. The number of carbonyl (C=O) groups excluding carboxylic acids is 2. The Bertz CT molecular complexity index is 798. The maximum absolute atomic E-state index is 12.0. The van der Waals surface area contributed by atoms with Gasteiger partial charge in [0.1, 0.15) is 0 Å². The molecule has 2 aromatic rings. The third-order valence-corrected chi connectivity index (χ3v) is 4.94. The second-order valence-corrected chi connectivity index (χ2v) is 7.23. The minimum atomic E-state index is 0.00723. The van der Waals surface area contributed by atoms with Crippen molar-refractivity contribution in [2.75, 3.05) is 5.32 Å². The molecule has 1 fully saturated rings. The molecular formula is C21H23ClN2O2. The molecule has 0 saturated heterocycles. The highest BCUT2D eigenvalue weighted by Gasteiger charge is 2.29. The fourth-order valence-electron chi connectivity index (χ4n) is 2.63. The summed E-state index contributed by atoms with van der Waals surface area (Å²) in [6, 6.07) is 13.5. The van der Waals surface area contributed by atoms with Gasteiger partial charge in [-0.15, -0.1) is 0 Å². The summed E-state index contributed by atoms with van der Waals surface area (Å²) in [5, 5.41) is 6.56. The maximum Gasteiger partial charge on any atom is 0.227 e. The molecule has 136 valence electrons.